The lowest BCUT2D eigenvalue weighted by atomic mass is 10.0. The van der Waals surface area contributed by atoms with Gasteiger partial charge in [0, 0.05) is 24.0 Å². The van der Waals surface area contributed by atoms with E-state index in [0.29, 0.717) is 28.3 Å². The standard InChI is InChI=1S/C22H26ClN5O4S/c1-3-4-21(16-11-19(13-24-12-16)33(31,32)26-9-10-29)27-22(30)20-14-25-28(15(20)2)18-7-5-17(23)6-8-18/h5-8,11-14,21,26,29H,3-4,9-10H2,1-2H3,(H,27,30). The normalized spacial score (nSPS) is 12.5. The zero-order valence-electron chi connectivity index (χ0n) is 18.3. The maximum atomic E-state index is 13.1. The number of pyridine rings is 1. The van der Waals surface area contributed by atoms with Gasteiger partial charge in [-0.2, -0.15) is 5.10 Å². The molecule has 176 valence electrons. The molecule has 3 rings (SSSR count). The fourth-order valence-corrected chi connectivity index (χ4v) is 4.50. The van der Waals surface area contributed by atoms with E-state index in [2.05, 4.69) is 20.1 Å². The van der Waals surface area contributed by atoms with Crippen molar-refractivity contribution in [1.82, 2.24) is 24.8 Å². The summed E-state index contributed by atoms with van der Waals surface area (Å²) in [5, 5.41) is 16.8. The van der Waals surface area contributed by atoms with Crippen LogP contribution in [-0.2, 0) is 10.0 Å². The minimum Gasteiger partial charge on any atom is -0.395 e. The summed E-state index contributed by atoms with van der Waals surface area (Å²) in [5.41, 5.74) is 2.42. The van der Waals surface area contributed by atoms with Gasteiger partial charge in [0.2, 0.25) is 10.0 Å². The molecule has 0 aliphatic rings. The van der Waals surface area contributed by atoms with E-state index >= 15 is 0 Å². The molecule has 2 heterocycles. The van der Waals surface area contributed by atoms with E-state index in [1.165, 1.54) is 24.7 Å². The van der Waals surface area contributed by atoms with Crippen LogP contribution in [0.4, 0.5) is 0 Å². The molecule has 1 unspecified atom stereocenters. The third-order valence-corrected chi connectivity index (χ3v) is 6.74. The molecule has 9 nitrogen and oxygen atoms in total. The number of amides is 1. The van der Waals surface area contributed by atoms with Crippen molar-refractivity contribution in [1.29, 1.82) is 0 Å². The molecule has 33 heavy (non-hydrogen) atoms. The molecule has 1 aromatic carbocycles. The summed E-state index contributed by atoms with van der Waals surface area (Å²) in [6.45, 7) is 3.36. The van der Waals surface area contributed by atoms with Gasteiger partial charge in [0.1, 0.15) is 4.90 Å². The van der Waals surface area contributed by atoms with E-state index in [4.69, 9.17) is 16.7 Å². The molecule has 0 aliphatic heterocycles. The topological polar surface area (TPSA) is 126 Å². The van der Waals surface area contributed by atoms with Gasteiger partial charge in [-0.25, -0.2) is 17.8 Å². The number of benzene rings is 1. The summed E-state index contributed by atoms with van der Waals surface area (Å²) in [6.07, 6.45) is 5.61. The molecule has 1 atom stereocenters. The van der Waals surface area contributed by atoms with Crippen LogP contribution in [0.5, 0.6) is 0 Å². The Balaban J connectivity index is 1.84. The SMILES string of the molecule is CCCC(NC(=O)c1cnn(-c2ccc(Cl)cc2)c1C)c1cncc(S(=O)(=O)NCCO)c1. The Hall–Kier alpha value is -2.79. The van der Waals surface area contributed by atoms with E-state index in [9.17, 15) is 13.2 Å². The van der Waals surface area contributed by atoms with Crippen LogP contribution in [-0.4, -0.2) is 47.3 Å². The van der Waals surface area contributed by atoms with Gasteiger partial charge in [0.15, 0.2) is 0 Å². The average Bonchev–Trinajstić information content (AvgIpc) is 3.19. The predicted octanol–water partition coefficient (Wildman–Crippen LogP) is 2.77. The molecule has 0 fully saturated rings. The minimum atomic E-state index is -3.82. The Morgan fingerprint density at radius 1 is 1.21 bits per heavy atom. The first-order valence-electron chi connectivity index (χ1n) is 10.4. The number of carbonyl (C=O) groups is 1. The summed E-state index contributed by atoms with van der Waals surface area (Å²) in [5.74, 6) is -0.321. The van der Waals surface area contributed by atoms with E-state index < -0.39 is 16.1 Å². The second-order valence-corrected chi connectivity index (χ2v) is 9.63. The van der Waals surface area contributed by atoms with Gasteiger partial charge in [-0.1, -0.05) is 24.9 Å². The van der Waals surface area contributed by atoms with Gasteiger partial charge in [-0.15, -0.1) is 0 Å². The van der Waals surface area contributed by atoms with Gasteiger partial charge < -0.3 is 10.4 Å². The fraction of sp³-hybridized carbons (Fsp3) is 0.318. The van der Waals surface area contributed by atoms with Crippen LogP contribution in [0.3, 0.4) is 0 Å². The highest BCUT2D eigenvalue weighted by Crippen LogP contribution is 2.23. The highest BCUT2D eigenvalue weighted by Gasteiger charge is 2.22. The van der Waals surface area contributed by atoms with Crippen molar-refractivity contribution >= 4 is 27.5 Å². The Morgan fingerprint density at radius 3 is 2.61 bits per heavy atom. The number of nitrogens with one attached hydrogen (secondary N) is 2. The first-order chi connectivity index (χ1) is 15.8. The summed E-state index contributed by atoms with van der Waals surface area (Å²) in [6, 6.07) is 8.16. The summed E-state index contributed by atoms with van der Waals surface area (Å²) >= 11 is 5.95. The van der Waals surface area contributed by atoms with Crippen LogP contribution in [0.2, 0.25) is 5.02 Å². The van der Waals surface area contributed by atoms with Gasteiger partial charge in [-0.3, -0.25) is 9.78 Å². The molecule has 0 saturated carbocycles. The highest BCUT2D eigenvalue weighted by atomic mass is 35.5. The molecular formula is C22H26ClN5O4S. The zero-order chi connectivity index (χ0) is 24.0. The molecule has 0 saturated heterocycles. The van der Waals surface area contributed by atoms with Crippen LogP contribution in [0.15, 0.2) is 53.8 Å². The van der Waals surface area contributed by atoms with E-state index in [1.807, 2.05) is 19.1 Å². The van der Waals surface area contributed by atoms with E-state index in [-0.39, 0.29) is 24.0 Å². The number of sulfonamides is 1. The molecule has 3 N–H and O–H groups in total. The molecule has 3 aromatic rings. The predicted molar refractivity (Wildman–Crippen MR) is 125 cm³/mol. The van der Waals surface area contributed by atoms with Crippen molar-refractivity contribution in [3.8, 4) is 5.69 Å². The number of aliphatic hydroxyl groups excluding tert-OH is 1. The summed E-state index contributed by atoms with van der Waals surface area (Å²) in [7, 11) is -3.82. The van der Waals surface area contributed by atoms with Gasteiger partial charge in [-0.05, 0) is 49.2 Å². The van der Waals surface area contributed by atoms with Crippen LogP contribution in [0, 0.1) is 6.92 Å². The van der Waals surface area contributed by atoms with Crippen molar-refractivity contribution < 1.29 is 18.3 Å². The Labute approximate surface area is 197 Å². The monoisotopic (exact) mass is 491 g/mol. The Bertz CT molecular complexity index is 1210. The Kier molecular flexibility index (Phi) is 8.20. The number of carbonyl (C=O) groups excluding carboxylic acids is 1. The second kappa shape index (κ2) is 10.9. The summed E-state index contributed by atoms with van der Waals surface area (Å²) in [4.78, 5) is 17.1. The lowest BCUT2D eigenvalue weighted by Crippen LogP contribution is -2.30. The van der Waals surface area contributed by atoms with E-state index in [1.54, 1.807) is 23.7 Å². The molecule has 0 spiro atoms. The maximum absolute atomic E-state index is 13.1. The lowest BCUT2D eigenvalue weighted by Gasteiger charge is -2.19. The summed E-state index contributed by atoms with van der Waals surface area (Å²) < 4.78 is 28.8. The van der Waals surface area contributed by atoms with Crippen LogP contribution in [0.1, 0.15) is 47.4 Å². The number of aromatic nitrogens is 3. The molecular weight excluding hydrogens is 466 g/mol. The fourth-order valence-electron chi connectivity index (χ4n) is 3.36. The number of aliphatic hydroxyl groups is 1. The second-order valence-electron chi connectivity index (χ2n) is 7.42. The van der Waals surface area contributed by atoms with Crippen molar-refractivity contribution in [2.75, 3.05) is 13.2 Å². The van der Waals surface area contributed by atoms with Gasteiger partial charge >= 0.3 is 0 Å². The van der Waals surface area contributed by atoms with Crippen LogP contribution >= 0.6 is 11.6 Å². The van der Waals surface area contributed by atoms with Crippen LogP contribution < -0.4 is 10.0 Å². The first kappa shape index (κ1) is 24.8. The van der Waals surface area contributed by atoms with Crippen molar-refractivity contribution in [3.63, 3.8) is 0 Å². The van der Waals surface area contributed by atoms with Crippen LogP contribution in [0.25, 0.3) is 5.69 Å². The van der Waals surface area contributed by atoms with Crippen molar-refractivity contribution in [2.45, 2.75) is 37.6 Å². The number of halogens is 1. The zero-order valence-corrected chi connectivity index (χ0v) is 19.9. The molecule has 2 aromatic heterocycles. The maximum Gasteiger partial charge on any atom is 0.255 e. The van der Waals surface area contributed by atoms with Gasteiger partial charge in [0.05, 0.1) is 35.8 Å². The molecule has 11 heteroatoms. The third kappa shape index (κ3) is 5.97. The molecule has 0 radical (unpaired) electrons. The average molecular weight is 492 g/mol. The third-order valence-electron chi connectivity index (χ3n) is 5.06. The molecule has 0 aliphatic carbocycles. The highest BCUT2D eigenvalue weighted by molar-refractivity contribution is 7.89. The lowest BCUT2D eigenvalue weighted by molar-refractivity contribution is 0.0933. The largest absolute Gasteiger partial charge is 0.395 e. The van der Waals surface area contributed by atoms with Crippen molar-refractivity contribution in [2.24, 2.45) is 0 Å². The number of hydrogen-bond donors (Lipinski definition) is 3. The quantitative estimate of drug-likeness (QED) is 0.400. The molecule has 0 bridgehead atoms. The number of nitrogens with zero attached hydrogens (tertiary/aromatic N) is 3. The smallest absolute Gasteiger partial charge is 0.255 e. The number of hydrogen-bond acceptors (Lipinski definition) is 6. The van der Waals surface area contributed by atoms with E-state index in [0.717, 1.165) is 12.1 Å². The minimum absolute atomic E-state index is 0.0319. The first-order valence-corrected chi connectivity index (χ1v) is 12.3. The van der Waals surface area contributed by atoms with Gasteiger partial charge in [0.25, 0.3) is 5.91 Å². The Morgan fingerprint density at radius 2 is 1.94 bits per heavy atom. The number of rotatable bonds is 10. The molecule has 1 amide bonds. The van der Waals surface area contributed by atoms with Crippen molar-refractivity contribution in [3.05, 3.63) is 70.8 Å².